The van der Waals surface area contributed by atoms with Gasteiger partial charge in [-0.15, -0.1) is 0 Å². The van der Waals surface area contributed by atoms with Gasteiger partial charge in [0, 0.05) is 58.2 Å². The second-order valence-corrected chi connectivity index (χ2v) is 24.7. The lowest BCUT2D eigenvalue weighted by Gasteiger charge is -2.58. The van der Waals surface area contributed by atoms with Crippen molar-refractivity contribution in [1.82, 2.24) is 8.61 Å². The topological polar surface area (TPSA) is 109 Å². The number of halogens is 2. The fraction of sp³-hybridized carbons (Fsp3) is 0.857. The first kappa shape index (κ1) is 41.4. The Bertz CT molecular complexity index is 1750. The minimum Gasteiger partial charge on any atom is -0.298 e. The van der Waals surface area contributed by atoms with Crippen LogP contribution in [0.2, 0.25) is 0 Å². The summed E-state index contributed by atoms with van der Waals surface area (Å²) in [6, 6.07) is 0. The summed E-state index contributed by atoms with van der Waals surface area (Å²) in [5, 5.41) is 1.63. The van der Waals surface area contributed by atoms with Gasteiger partial charge in [0.05, 0.1) is 12.5 Å². The molecule has 6 aliphatic carbocycles. The molecule has 8 aliphatic rings. The molecule has 0 aromatic heterocycles. The highest BCUT2D eigenvalue weighted by Gasteiger charge is 2.61. The van der Waals surface area contributed by atoms with Gasteiger partial charge in [-0.05, 0) is 148 Å². The van der Waals surface area contributed by atoms with Crippen LogP contribution >= 0.6 is 23.2 Å². The summed E-state index contributed by atoms with van der Waals surface area (Å²) in [7, 11) is -6.25. The van der Waals surface area contributed by atoms with Crippen LogP contribution in [0.5, 0.6) is 0 Å². The molecule has 54 heavy (non-hydrogen) atoms. The average molecular weight is 828 g/mol. The van der Waals surface area contributed by atoms with Crippen molar-refractivity contribution in [2.75, 3.05) is 38.7 Å². The molecule has 6 fully saturated rings. The molecule has 12 atom stereocenters. The lowest BCUT2D eigenvalue weighted by atomic mass is 9.47. The normalized spacial score (nSPS) is 45.6. The van der Waals surface area contributed by atoms with Gasteiger partial charge in [-0.2, -0.15) is 0 Å². The second-order valence-electron chi connectivity index (χ2n) is 20.0. The van der Waals surface area contributed by atoms with Crippen molar-refractivity contribution in [2.45, 2.75) is 118 Å². The van der Waals surface area contributed by atoms with Gasteiger partial charge < -0.3 is 0 Å². The first-order chi connectivity index (χ1) is 25.2. The smallest absolute Gasteiger partial charge is 0.211 e. The molecule has 2 saturated heterocycles. The average Bonchev–Trinajstić information content (AvgIpc) is 3.32. The van der Waals surface area contributed by atoms with E-state index in [0.29, 0.717) is 73.5 Å². The lowest BCUT2D eigenvalue weighted by Crippen LogP contribution is -2.52. The lowest BCUT2D eigenvalue weighted by molar-refractivity contribution is -0.106. The Morgan fingerprint density at radius 2 is 1.06 bits per heavy atom. The Hall–Kier alpha value is -0.780. The predicted octanol–water partition coefficient (Wildman–Crippen LogP) is 8.40. The molecule has 12 heteroatoms. The molecule has 2 aliphatic heterocycles. The molecule has 0 spiro atoms. The highest BCUT2D eigenvalue weighted by atomic mass is 35.5. The fourth-order valence-electron chi connectivity index (χ4n) is 14.5. The molecule has 2 unspecified atom stereocenters. The minimum atomic E-state index is -3.13. The summed E-state index contributed by atoms with van der Waals surface area (Å²) in [6.07, 6.45) is 19.3. The first-order valence-electron chi connectivity index (χ1n) is 20.8. The van der Waals surface area contributed by atoms with Gasteiger partial charge in [0.2, 0.25) is 20.0 Å². The first-order valence-corrected chi connectivity index (χ1v) is 25.3. The van der Waals surface area contributed by atoms with Gasteiger partial charge in [0.15, 0.2) is 0 Å². The van der Waals surface area contributed by atoms with E-state index in [1.54, 1.807) is 8.61 Å². The van der Waals surface area contributed by atoms with E-state index in [1.807, 2.05) is 0 Å². The van der Waals surface area contributed by atoms with Gasteiger partial charge in [-0.1, -0.05) is 50.9 Å². The monoisotopic (exact) mass is 826 g/mol. The van der Waals surface area contributed by atoms with E-state index in [2.05, 4.69) is 27.7 Å². The molecule has 0 amide bonds. The number of rotatable bonds is 4. The number of carbonyl (C=O) groups excluding carboxylic acids is 2. The van der Waals surface area contributed by atoms with Crippen molar-refractivity contribution in [1.29, 1.82) is 0 Å². The molecular weight excluding hydrogens is 764 g/mol. The molecule has 8 rings (SSSR count). The highest BCUT2D eigenvalue weighted by molar-refractivity contribution is 7.88. The summed E-state index contributed by atoms with van der Waals surface area (Å²) in [5.41, 5.74) is 1.96. The number of hydrogen-bond donors (Lipinski definition) is 0. The van der Waals surface area contributed by atoms with Crippen LogP contribution in [0.25, 0.3) is 0 Å². The predicted molar refractivity (Wildman–Crippen MR) is 216 cm³/mol. The Morgan fingerprint density at radius 1 is 0.574 bits per heavy atom. The van der Waals surface area contributed by atoms with E-state index >= 15 is 0 Å². The van der Waals surface area contributed by atoms with Crippen LogP contribution < -0.4 is 0 Å². The van der Waals surface area contributed by atoms with Crippen molar-refractivity contribution in [2.24, 2.45) is 69.0 Å². The number of hydrogen-bond acceptors (Lipinski definition) is 6. The standard InChI is InChI=1S/2C21H32ClNO3S/c1-20-8-4-10-23(27(3,25)26)12-15(20)5-6-16-17(20)7-9-21(2)18(16)11-14(13-24)19(21)22;1-20-9-11-23(27(3,25)26)10-7-15(20)4-5-16-17(20)6-8-21(2)18(16)12-14(13-24)19(21)22/h2*13,15-18H,4-12H2,1-3H3/t2*15?,16-,17+,18+,20+,21+/m11/s1. The maximum absolute atomic E-state index is 12.2. The molecule has 4 saturated carbocycles. The van der Waals surface area contributed by atoms with Crippen LogP contribution in [0, 0.1) is 69.0 Å². The maximum Gasteiger partial charge on any atom is 0.211 e. The zero-order valence-corrected chi connectivity index (χ0v) is 36.6. The zero-order valence-electron chi connectivity index (χ0n) is 33.4. The van der Waals surface area contributed by atoms with Gasteiger partial charge in [-0.25, -0.2) is 25.4 Å². The Kier molecular flexibility index (Phi) is 11.1. The van der Waals surface area contributed by atoms with Gasteiger partial charge >= 0.3 is 0 Å². The van der Waals surface area contributed by atoms with Crippen molar-refractivity contribution < 1.29 is 26.4 Å². The number of nitrogens with zero attached hydrogens (tertiary/aromatic N) is 2. The van der Waals surface area contributed by atoms with Crippen molar-refractivity contribution in [3.63, 3.8) is 0 Å². The van der Waals surface area contributed by atoms with E-state index in [-0.39, 0.29) is 21.7 Å². The van der Waals surface area contributed by atoms with Crippen LogP contribution in [0.1, 0.15) is 118 Å². The van der Waals surface area contributed by atoms with Crippen LogP contribution in [-0.4, -0.2) is 76.7 Å². The van der Waals surface area contributed by atoms with Crippen molar-refractivity contribution in [3.8, 4) is 0 Å². The minimum absolute atomic E-state index is 0.0360. The van der Waals surface area contributed by atoms with E-state index in [0.717, 1.165) is 111 Å². The molecule has 304 valence electrons. The highest BCUT2D eigenvalue weighted by Crippen LogP contribution is 2.68. The summed E-state index contributed by atoms with van der Waals surface area (Å²) in [6.45, 7) is 12.0. The van der Waals surface area contributed by atoms with Crippen LogP contribution in [-0.2, 0) is 29.6 Å². The van der Waals surface area contributed by atoms with Crippen LogP contribution in [0.15, 0.2) is 21.2 Å². The third-order valence-corrected chi connectivity index (χ3v) is 21.7. The number of fused-ring (bicyclic) bond motifs is 10. The van der Waals surface area contributed by atoms with E-state index < -0.39 is 20.0 Å². The number of carbonyl (C=O) groups is 2. The third-order valence-electron chi connectivity index (χ3n) is 17.8. The van der Waals surface area contributed by atoms with Gasteiger partial charge in [0.1, 0.15) is 12.6 Å². The van der Waals surface area contributed by atoms with Gasteiger partial charge in [0.25, 0.3) is 0 Å². The van der Waals surface area contributed by atoms with Crippen LogP contribution in [0.4, 0.5) is 0 Å². The van der Waals surface area contributed by atoms with E-state index in [1.165, 1.54) is 25.4 Å². The summed E-state index contributed by atoms with van der Waals surface area (Å²) in [4.78, 5) is 23.1. The number of sulfonamides is 2. The molecule has 0 bridgehead atoms. The molecule has 2 heterocycles. The second kappa shape index (κ2) is 14.5. The van der Waals surface area contributed by atoms with Crippen LogP contribution in [0.3, 0.4) is 0 Å². The Morgan fingerprint density at radius 3 is 1.54 bits per heavy atom. The molecular formula is C42H64Cl2N2O6S2. The Labute approximate surface area is 335 Å². The molecule has 0 N–H and O–H groups in total. The third kappa shape index (κ3) is 6.66. The maximum atomic E-state index is 12.2. The molecule has 0 radical (unpaired) electrons. The number of aldehydes is 2. The van der Waals surface area contributed by atoms with E-state index in [4.69, 9.17) is 23.2 Å². The van der Waals surface area contributed by atoms with Gasteiger partial charge in [-0.3, -0.25) is 9.59 Å². The molecule has 0 aromatic rings. The summed E-state index contributed by atoms with van der Waals surface area (Å²) in [5.74, 6) is 4.41. The molecule has 0 aromatic carbocycles. The van der Waals surface area contributed by atoms with Crippen molar-refractivity contribution >= 4 is 55.8 Å². The largest absolute Gasteiger partial charge is 0.298 e. The molecule has 8 nitrogen and oxygen atoms in total. The number of allylic oxidation sites excluding steroid dienone is 4. The summed E-state index contributed by atoms with van der Waals surface area (Å²) < 4.78 is 52.0. The SMILES string of the molecule is C[C@]12CCCN(S(C)(=O)=O)CC1CC[C@@H]1[C@@H]2CC[C@]2(C)C(Cl)=C(C=O)C[C@@H]12.C[C@]12CCN(S(C)(=O)=O)CCC1CC[C@@H]1[C@@H]2CC[C@]2(C)C(Cl)=C(C=O)C[C@@H]12. The Balaban J connectivity index is 0.000000167. The quantitative estimate of drug-likeness (QED) is 0.264. The fourth-order valence-corrected chi connectivity index (χ4v) is 17.0. The zero-order chi connectivity index (χ0) is 39.2. The van der Waals surface area contributed by atoms with E-state index in [9.17, 15) is 26.4 Å². The van der Waals surface area contributed by atoms with Crippen molar-refractivity contribution in [3.05, 3.63) is 21.2 Å². The summed E-state index contributed by atoms with van der Waals surface area (Å²) >= 11 is 13.3.